The van der Waals surface area contributed by atoms with Crippen molar-refractivity contribution in [3.63, 3.8) is 0 Å². The Morgan fingerprint density at radius 1 is 0.584 bits per heavy atom. The number of anilines is 1. The number of rotatable bonds is 12. The van der Waals surface area contributed by atoms with Crippen molar-refractivity contribution in [1.29, 1.82) is 0 Å². The van der Waals surface area contributed by atoms with E-state index in [-0.39, 0.29) is 77.8 Å². The number of methoxy groups -OCH3 is 5. The van der Waals surface area contributed by atoms with Gasteiger partial charge < -0.3 is 45.8 Å². The summed E-state index contributed by atoms with van der Waals surface area (Å²) in [5.41, 5.74) is 5.50. The van der Waals surface area contributed by atoms with Gasteiger partial charge in [0.05, 0.1) is 60.8 Å². The second kappa shape index (κ2) is 39.7. The van der Waals surface area contributed by atoms with Crippen LogP contribution in [-0.2, 0) is 43.8 Å². The highest BCUT2D eigenvalue weighted by molar-refractivity contribution is 7.98. The van der Waals surface area contributed by atoms with Gasteiger partial charge in [0.25, 0.3) is 0 Å². The highest BCUT2D eigenvalue weighted by Crippen LogP contribution is 2.31. The first-order valence-electron chi connectivity index (χ1n) is 20.9. The van der Waals surface area contributed by atoms with E-state index in [0.29, 0.717) is 34.9 Å². The molecule has 3 radical (unpaired) electrons. The van der Waals surface area contributed by atoms with E-state index in [4.69, 9.17) is 34.2 Å². The summed E-state index contributed by atoms with van der Waals surface area (Å²) >= 11 is 2.90. The van der Waals surface area contributed by atoms with Gasteiger partial charge in [0.2, 0.25) is 11.8 Å². The van der Waals surface area contributed by atoms with Gasteiger partial charge in [-0.1, -0.05) is 14.9 Å². The summed E-state index contributed by atoms with van der Waals surface area (Å²) in [4.78, 5) is 35.2. The number of amides is 2. The number of nitrogens with two attached hydrogens (primary N) is 1. The Morgan fingerprint density at radius 3 is 1.25 bits per heavy atom. The maximum atomic E-state index is 11.4. The van der Waals surface area contributed by atoms with Gasteiger partial charge in [-0.3, -0.25) is 19.7 Å². The zero-order valence-electron chi connectivity index (χ0n) is 43.2. The average molecular weight is 1190 g/mol. The molecule has 0 aromatic heterocycles. The second-order valence-electron chi connectivity index (χ2n) is 14.5. The molecule has 5 aromatic rings. The van der Waals surface area contributed by atoms with Crippen LogP contribution in [0, 0.1) is 10.1 Å². The minimum atomic E-state index is -3.44. The predicted octanol–water partition coefficient (Wildman–Crippen LogP) is 8.14. The van der Waals surface area contributed by atoms with E-state index in [1.165, 1.54) is 104 Å². The number of carbonyl (C=O) groups is 2. The van der Waals surface area contributed by atoms with E-state index in [1.807, 2.05) is 36.4 Å². The predicted molar refractivity (Wildman–Crippen MR) is 313 cm³/mol. The van der Waals surface area contributed by atoms with Gasteiger partial charge in [-0.05, 0) is 134 Å². The molecule has 2 amide bonds. The van der Waals surface area contributed by atoms with E-state index in [0.717, 1.165) is 48.2 Å². The molecule has 2 heterocycles. The number of carbonyl (C=O) groups excluding carboxylic acids is 2. The van der Waals surface area contributed by atoms with Crippen LogP contribution < -0.4 is 35.6 Å². The number of nitro groups is 1. The van der Waals surface area contributed by atoms with Crippen LogP contribution in [0.4, 0.5) is 11.4 Å². The van der Waals surface area contributed by atoms with Crippen LogP contribution in [0.25, 0.3) is 0 Å². The zero-order valence-corrected chi connectivity index (χ0v) is 48.7. The van der Waals surface area contributed by atoms with Crippen LogP contribution >= 0.6 is 33.6 Å². The van der Waals surface area contributed by atoms with E-state index in [1.54, 1.807) is 50.2 Å². The number of nitrogen functional groups attached to an aromatic ring is 1. The first-order valence-corrected chi connectivity index (χ1v) is 28.5. The average Bonchev–Trinajstić information content (AvgIpc) is 4.05. The molecule has 7 N–H and O–H groups in total. The molecular weight excluding hydrogens is 1120 g/mol. The third kappa shape index (κ3) is 29.1. The number of imide groups is 1. The highest BCUT2D eigenvalue weighted by Gasteiger charge is 2.30. The van der Waals surface area contributed by atoms with Gasteiger partial charge in [-0.15, -0.1) is 11.8 Å². The van der Waals surface area contributed by atoms with Gasteiger partial charge in [0.1, 0.15) is 23.0 Å². The van der Waals surface area contributed by atoms with Crippen molar-refractivity contribution >= 4 is 94.7 Å². The lowest BCUT2D eigenvalue weighted by Gasteiger charge is -2.11. The van der Waals surface area contributed by atoms with E-state index >= 15 is 0 Å². The Bertz CT molecular complexity index is 2800. The molecule has 2 aliphatic heterocycles. The lowest BCUT2D eigenvalue weighted by molar-refractivity contribution is -0.386. The molecule has 431 valence electrons. The largest absolute Gasteiger partial charge is 0.497 e. The highest BCUT2D eigenvalue weighted by atomic mass is 32.2. The molecule has 2 saturated heterocycles. The van der Waals surface area contributed by atoms with Gasteiger partial charge in [-0.25, -0.2) is 29.6 Å². The molecule has 7 rings (SSSR count). The summed E-state index contributed by atoms with van der Waals surface area (Å²) in [6.07, 6.45) is 8.55. The van der Waals surface area contributed by atoms with Crippen molar-refractivity contribution < 1.29 is 73.7 Å². The summed E-state index contributed by atoms with van der Waals surface area (Å²) in [6.45, 7) is 2.00. The van der Waals surface area contributed by atoms with Crippen LogP contribution in [0.2, 0.25) is 0 Å². The minimum absolute atomic E-state index is 0. The lowest BCUT2D eigenvalue weighted by Crippen LogP contribution is -2.20. The summed E-state index contributed by atoms with van der Waals surface area (Å²) in [5, 5.41) is 10.6. The molecule has 77 heavy (non-hydrogen) atoms. The smallest absolute Gasteiger partial charge is 0.312 e. The van der Waals surface area contributed by atoms with Gasteiger partial charge in [0.15, 0.2) is 35.3 Å². The van der Waals surface area contributed by atoms with Crippen LogP contribution in [0.15, 0.2) is 134 Å². The number of nitrogens with zero attached hydrogens (tertiary/aromatic N) is 2. The Labute approximate surface area is 468 Å². The molecule has 5 aromatic carbocycles. The van der Waals surface area contributed by atoms with E-state index in [9.17, 15) is 45.0 Å². The Morgan fingerprint density at radius 2 is 0.935 bits per heavy atom. The molecule has 0 saturated carbocycles. The van der Waals surface area contributed by atoms with Crippen molar-refractivity contribution in [2.24, 2.45) is 0 Å². The van der Waals surface area contributed by atoms with Crippen molar-refractivity contribution in [1.82, 2.24) is 10.5 Å². The Balaban J connectivity index is -0.000000270. The fourth-order valence-corrected chi connectivity index (χ4v) is 8.62. The maximum absolute atomic E-state index is 11.4. The molecule has 28 heteroatoms. The van der Waals surface area contributed by atoms with Gasteiger partial charge in [-0.2, -0.15) is 9.90 Å². The van der Waals surface area contributed by atoms with Crippen molar-refractivity contribution in [2.45, 2.75) is 65.0 Å². The molecule has 0 aliphatic carbocycles. The fraction of sp³-hybridized carbons (Fsp3) is 0.347. The molecule has 0 bridgehead atoms. The second-order valence-corrected chi connectivity index (χ2v) is 22.5. The topological polar surface area (TPSA) is 331 Å². The van der Waals surface area contributed by atoms with Crippen molar-refractivity contribution in [2.75, 3.05) is 79.5 Å². The maximum Gasteiger partial charge on any atom is 0.312 e. The van der Waals surface area contributed by atoms with Crippen LogP contribution in [-0.4, -0.2) is 134 Å². The van der Waals surface area contributed by atoms with Crippen molar-refractivity contribution in [3.8, 4) is 28.7 Å². The standard InChI is InChI=1S/C11H11NO3S.C8H9NO5S.C8H11NO3S.C8H10O3S.C8H10OS.C4H8O.2CH4.B.H3N.H2O.H3P/c1-15-8-2-4-9(5-3-8)16-12-10(13)6-7-11(12)14;1-14-8-4-3-6(15(2,12)13)5-7(8)9(10)11;1-12-8-4-3-6(5-7(8)9)13(2,10)11;1-11-7-3-5-8(6-4-7)12(2,9)10;1-9-7-3-5-8(10-2)6-4-7;1-2-4-5-3-1;;;;;;/h2-5H,6-7H2,1H3;3-5H,1-2H3;3-5H,9H2,1-2H3;3-6H,1-2H3;3-6H,1-2H3;1-4H2;2*1H4;;1H3;1H2;1H3. The molecular formula is C49H75BN4O17PS5. The summed E-state index contributed by atoms with van der Waals surface area (Å²) in [5.74, 6) is 2.60. The van der Waals surface area contributed by atoms with Crippen molar-refractivity contribution in [3.05, 3.63) is 119 Å². The van der Waals surface area contributed by atoms with Gasteiger partial charge in [0, 0.05) is 69.1 Å². The zero-order chi connectivity index (χ0) is 53.4. The summed E-state index contributed by atoms with van der Waals surface area (Å²) < 4.78 is 97.2. The normalized spacial score (nSPS) is 11.8. The third-order valence-corrected chi connectivity index (χ3v) is 14.4. The molecule has 1 unspecified atom stereocenters. The number of hydrogen-bond acceptors (Lipinski definition) is 20. The number of nitro benzene ring substituents is 1. The van der Waals surface area contributed by atoms with Crippen LogP contribution in [0.1, 0.15) is 40.5 Å². The molecule has 2 aliphatic rings. The SMILES string of the molecule is C.C.C1CCOC1.COc1ccc(S(C)(=O)=O)cc1.COc1ccc(S(C)(=O)=O)cc1N.COc1ccc(S(C)(=O)=O)cc1[N+](=O)[O-].COc1ccc(SC)cc1.COc1ccc(SN2C(=O)CCC2=O)cc1.N.O.P.[B]. The number of hydrogen-bond donors (Lipinski definition) is 2. The molecule has 0 spiro atoms. The quantitative estimate of drug-likeness (QED) is 0.0174. The number of benzene rings is 5. The third-order valence-electron chi connectivity index (χ3n) is 9.28. The fourth-order valence-electron chi connectivity index (χ4n) is 5.43. The number of thioether (sulfide) groups is 1. The molecule has 21 nitrogen and oxygen atoms in total. The first kappa shape index (κ1) is 80.2. The molecule has 1 atom stereocenters. The number of ether oxygens (including phenoxy) is 6. The first-order chi connectivity index (χ1) is 33.4. The molecule has 2 fully saturated rings. The van der Waals surface area contributed by atoms with Crippen LogP contribution in [0.5, 0.6) is 28.7 Å². The Kier molecular flexibility index (Phi) is 41.3. The van der Waals surface area contributed by atoms with Gasteiger partial charge >= 0.3 is 5.69 Å². The lowest BCUT2D eigenvalue weighted by atomic mass is 10.3. The summed E-state index contributed by atoms with van der Waals surface area (Å²) in [6, 6.07) is 29.4. The number of sulfone groups is 3. The Hall–Kier alpha value is -5.64. The summed E-state index contributed by atoms with van der Waals surface area (Å²) in [7, 11) is -2.15. The van der Waals surface area contributed by atoms with E-state index in [2.05, 4.69) is 6.26 Å². The van der Waals surface area contributed by atoms with Crippen LogP contribution in [0.3, 0.4) is 0 Å². The monoisotopic (exact) mass is 1190 g/mol. The van der Waals surface area contributed by atoms with E-state index < -0.39 is 34.4 Å². The minimum Gasteiger partial charge on any atom is -0.497 e.